The van der Waals surface area contributed by atoms with Crippen LogP contribution in [0, 0.1) is 23.5 Å². The van der Waals surface area contributed by atoms with Gasteiger partial charge in [0.05, 0.1) is 11.4 Å². The number of tetrazole rings is 1. The molecule has 0 amide bonds. The molecule has 0 aliphatic rings. The molecule has 0 saturated heterocycles. The average molecular weight is 557 g/mol. The molecule has 2 unspecified atom stereocenters. The molecule has 4 aromatic rings. The maximum Gasteiger partial charge on any atom is 0.419 e. The fraction of sp³-hybridized carbons (Fsp3) is 0.217. The highest BCUT2D eigenvalue weighted by molar-refractivity contribution is 7.12. The van der Waals surface area contributed by atoms with Gasteiger partial charge in [-0.3, -0.25) is 4.98 Å². The smallest absolute Gasteiger partial charge is 0.379 e. The van der Waals surface area contributed by atoms with Crippen molar-refractivity contribution < 1.29 is 40.9 Å². The molecule has 198 valence electrons. The molecule has 0 fully saturated rings. The lowest BCUT2D eigenvalue weighted by Gasteiger charge is -2.35. The third-order valence-corrected chi connectivity index (χ3v) is 6.35. The molecule has 15 heteroatoms. The van der Waals surface area contributed by atoms with Gasteiger partial charge in [0.15, 0.2) is 11.7 Å². The van der Waals surface area contributed by atoms with E-state index in [0.717, 1.165) is 35.4 Å². The summed E-state index contributed by atoms with van der Waals surface area (Å²) >= 11 is 0.602. The molecule has 0 spiro atoms. The Bertz CT molecular complexity index is 1480. The van der Waals surface area contributed by atoms with E-state index in [2.05, 4.69) is 32.4 Å². The van der Waals surface area contributed by atoms with E-state index in [9.17, 15) is 32.2 Å². The van der Waals surface area contributed by atoms with E-state index in [1.54, 1.807) is 0 Å². The zero-order valence-electron chi connectivity index (χ0n) is 18.7. The molecule has 0 saturated carbocycles. The lowest BCUT2D eigenvalue weighted by molar-refractivity contribution is -0.207. The number of nitrogens with zero attached hydrogens (tertiary/aromatic N) is 5. The van der Waals surface area contributed by atoms with Crippen LogP contribution in [0.1, 0.15) is 32.7 Å². The van der Waals surface area contributed by atoms with E-state index in [-0.39, 0.29) is 15.3 Å². The number of aliphatic hydroxyl groups excluding tert-OH is 1. The lowest BCUT2D eigenvalue weighted by Crippen LogP contribution is -2.48. The first-order chi connectivity index (χ1) is 17.8. The van der Waals surface area contributed by atoms with Gasteiger partial charge in [-0.1, -0.05) is 11.8 Å². The van der Waals surface area contributed by atoms with Crippen molar-refractivity contribution >= 4 is 11.3 Å². The zero-order chi connectivity index (χ0) is 27.7. The second kappa shape index (κ2) is 10.1. The van der Waals surface area contributed by atoms with Crippen LogP contribution in [0.15, 0.2) is 55.0 Å². The van der Waals surface area contributed by atoms with E-state index in [0.29, 0.717) is 29.5 Å². The standard InChI is InChI=1S/C23H14F7N5O2S/c24-14-3-6-16(17(25)9-14)21(37,11-35-12-32-33-34-35)22(26,27)19-8-2-13(10-31-19)1-4-15-5-7-18(38-15)20(36)23(28,29)30/h2-3,5-10,12,20,36-37H,11H2. The van der Waals surface area contributed by atoms with Crippen molar-refractivity contribution in [1.82, 2.24) is 25.2 Å². The van der Waals surface area contributed by atoms with Gasteiger partial charge in [-0.05, 0) is 46.8 Å². The maximum absolute atomic E-state index is 15.7. The van der Waals surface area contributed by atoms with Crippen molar-refractivity contribution in [3.63, 3.8) is 0 Å². The fourth-order valence-electron chi connectivity index (χ4n) is 3.39. The van der Waals surface area contributed by atoms with Gasteiger partial charge in [0.2, 0.25) is 0 Å². The van der Waals surface area contributed by atoms with E-state index in [1.807, 2.05) is 0 Å². The topological polar surface area (TPSA) is 97.0 Å². The Morgan fingerprint density at radius 3 is 2.37 bits per heavy atom. The van der Waals surface area contributed by atoms with Crippen LogP contribution in [-0.4, -0.2) is 41.6 Å². The Morgan fingerprint density at radius 2 is 1.76 bits per heavy atom. The maximum atomic E-state index is 15.7. The van der Waals surface area contributed by atoms with Crippen LogP contribution >= 0.6 is 11.3 Å². The largest absolute Gasteiger partial charge is 0.419 e. The number of aromatic nitrogens is 5. The number of halogens is 7. The van der Waals surface area contributed by atoms with Crippen molar-refractivity contribution in [1.29, 1.82) is 0 Å². The second-order valence-electron chi connectivity index (χ2n) is 7.89. The van der Waals surface area contributed by atoms with Gasteiger partial charge in [-0.25, -0.2) is 13.5 Å². The number of rotatable bonds is 6. The Kier molecular flexibility index (Phi) is 7.24. The molecular weight excluding hydrogens is 543 g/mol. The SMILES string of the molecule is OC(c1ccc(C#Cc2ccc(C(F)(F)C(O)(Cn3cnnn3)c3ccc(F)cc3F)nc2)s1)C(F)(F)F. The third-order valence-electron chi connectivity index (χ3n) is 5.30. The Hall–Kier alpha value is -3.87. The fourth-order valence-corrected chi connectivity index (χ4v) is 4.27. The molecule has 0 aliphatic carbocycles. The molecule has 1 aromatic carbocycles. The number of alkyl halides is 5. The van der Waals surface area contributed by atoms with Gasteiger partial charge in [0.25, 0.3) is 0 Å². The van der Waals surface area contributed by atoms with Gasteiger partial charge in [-0.15, -0.1) is 16.4 Å². The van der Waals surface area contributed by atoms with Crippen LogP contribution in [0.3, 0.4) is 0 Å². The van der Waals surface area contributed by atoms with Gasteiger partial charge in [0.1, 0.15) is 23.7 Å². The van der Waals surface area contributed by atoms with Crippen LogP contribution in [0.4, 0.5) is 30.7 Å². The molecule has 4 rings (SSSR count). The molecule has 3 heterocycles. The molecule has 0 aliphatic heterocycles. The van der Waals surface area contributed by atoms with Gasteiger partial charge in [0, 0.05) is 28.3 Å². The van der Waals surface area contributed by atoms with E-state index < -0.39 is 53.2 Å². The second-order valence-corrected chi connectivity index (χ2v) is 9.01. The highest BCUT2D eigenvalue weighted by atomic mass is 32.1. The summed E-state index contributed by atoms with van der Waals surface area (Å²) in [5.74, 6) is -1.66. The minimum atomic E-state index is -4.84. The van der Waals surface area contributed by atoms with Crippen LogP contribution in [0.25, 0.3) is 0 Å². The summed E-state index contributed by atoms with van der Waals surface area (Å²) in [7, 11) is 0. The highest BCUT2D eigenvalue weighted by Gasteiger charge is 2.58. The monoisotopic (exact) mass is 557 g/mol. The Labute approximate surface area is 213 Å². The van der Waals surface area contributed by atoms with Crippen LogP contribution in [0.2, 0.25) is 0 Å². The number of hydrogen-bond acceptors (Lipinski definition) is 7. The van der Waals surface area contributed by atoms with E-state index >= 15 is 8.78 Å². The van der Waals surface area contributed by atoms with Gasteiger partial charge >= 0.3 is 12.1 Å². The molecular formula is C23H14F7N5O2S. The van der Waals surface area contributed by atoms with Crippen LogP contribution in [0.5, 0.6) is 0 Å². The van der Waals surface area contributed by atoms with E-state index in [4.69, 9.17) is 0 Å². The van der Waals surface area contributed by atoms with Crippen molar-refractivity contribution in [2.75, 3.05) is 0 Å². The Morgan fingerprint density at radius 1 is 1.00 bits per heavy atom. The lowest BCUT2D eigenvalue weighted by atomic mass is 9.84. The van der Waals surface area contributed by atoms with Crippen molar-refractivity contribution in [2.24, 2.45) is 0 Å². The third kappa shape index (κ3) is 5.37. The van der Waals surface area contributed by atoms with Crippen molar-refractivity contribution in [2.45, 2.75) is 30.3 Å². The normalized spacial score (nSPS) is 14.4. The molecule has 2 N–H and O–H groups in total. The summed E-state index contributed by atoms with van der Waals surface area (Å²) in [4.78, 5) is 3.44. The molecule has 7 nitrogen and oxygen atoms in total. The molecule has 2 atom stereocenters. The predicted molar refractivity (Wildman–Crippen MR) is 118 cm³/mol. The van der Waals surface area contributed by atoms with Gasteiger partial charge in [-0.2, -0.15) is 22.0 Å². The van der Waals surface area contributed by atoms with Crippen LogP contribution < -0.4 is 0 Å². The molecule has 3 aromatic heterocycles. The van der Waals surface area contributed by atoms with Crippen molar-refractivity contribution in [3.8, 4) is 11.8 Å². The summed E-state index contributed by atoms with van der Waals surface area (Å²) in [5, 5.41) is 30.5. The molecule has 0 radical (unpaired) electrons. The van der Waals surface area contributed by atoms with Gasteiger partial charge < -0.3 is 10.2 Å². The zero-order valence-corrected chi connectivity index (χ0v) is 19.5. The number of pyridine rings is 1. The Balaban J connectivity index is 1.64. The van der Waals surface area contributed by atoms with Crippen LogP contribution in [-0.2, 0) is 18.1 Å². The number of aliphatic hydroxyl groups is 2. The average Bonchev–Trinajstić information content (AvgIpc) is 3.54. The molecule has 38 heavy (non-hydrogen) atoms. The summed E-state index contributed by atoms with van der Waals surface area (Å²) in [6.07, 6.45) is -5.67. The first-order valence-electron chi connectivity index (χ1n) is 10.4. The molecule has 0 bridgehead atoms. The number of benzene rings is 1. The summed E-state index contributed by atoms with van der Waals surface area (Å²) < 4.78 is 98.1. The predicted octanol–water partition coefficient (Wildman–Crippen LogP) is 4.08. The van der Waals surface area contributed by atoms with E-state index in [1.165, 1.54) is 6.07 Å². The number of hydrogen-bond donors (Lipinski definition) is 2. The summed E-state index contributed by atoms with van der Waals surface area (Å²) in [6, 6.07) is 5.97. The highest BCUT2D eigenvalue weighted by Crippen LogP contribution is 2.46. The first-order valence-corrected chi connectivity index (χ1v) is 11.2. The minimum Gasteiger partial charge on any atom is -0.379 e. The first kappa shape index (κ1) is 27.2. The van der Waals surface area contributed by atoms with Crippen molar-refractivity contribution in [3.05, 3.63) is 93.2 Å². The number of thiophene rings is 1. The summed E-state index contributed by atoms with van der Waals surface area (Å²) in [5.41, 5.74) is -5.14. The quantitative estimate of drug-likeness (QED) is 0.274. The minimum absolute atomic E-state index is 0.0906. The summed E-state index contributed by atoms with van der Waals surface area (Å²) in [6.45, 7) is -1.02.